The van der Waals surface area contributed by atoms with Gasteiger partial charge in [-0.05, 0) is 24.8 Å². The van der Waals surface area contributed by atoms with Crippen molar-refractivity contribution in [1.82, 2.24) is 0 Å². The van der Waals surface area contributed by atoms with Gasteiger partial charge in [-0.1, -0.05) is 36.8 Å². The Morgan fingerprint density at radius 2 is 1.52 bits per heavy atom. The van der Waals surface area contributed by atoms with Crippen LogP contribution in [0.4, 0.5) is 0 Å². The van der Waals surface area contributed by atoms with Gasteiger partial charge in [-0.15, -0.1) is 0 Å². The fourth-order valence-electron chi connectivity index (χ4n) is 2.65. The molecule has 1 rings (SSSR count). The van der Waals surface area contributed by atoms with Crippen molar-refractivity contribution in [1.29, 1.82) is 0 Å². The van der Waals surface area contributed by atoms with Gasteiger partial charge < -0.3 is 24.7 Å². The van der Waals surface area contributed by atoms with E-state index in [0.717, 1.165) is 25.7 Å². The minimum absolute atomic E-state index is 0.0896. The SMILES string of the molecule is CO[Si](OC)(OC)C(CCCCc1ccccc1)C(N)N. The summed E-state index contributed by atoms with van der Waals surface area (Å²) in [6.07, 6.45) is 3.47. The summed E-state index contributed by atoms with van der Waals surface area (Å²) in [5.41, 5.74) is 13.1. The summed E-state index contributed by atoms with van der Waals surface area (Å²) in [6.45, 7) is 0. The molecule has 1 aromatic carbocycles. The van der Waals surface area contributed by atoms with E-state index < -0.39 is 15.0 Å². The zero-order chi connectivity index (χ0) is 15.7. The maximum Gasteiger partial charge on any atom is 0.506 e. The lowest BCUT2D eigenvalue weighted by molar-refractivity contribution is 0.105. The van der Waals surface area contributed by atoms with E-state index in [1.807, 2.05) is 6.07 Å². The van der Waals surface area contributed by atoms with Crippen molar-refractivity contribution >= 4 is 8.80 Å². The summed E-state index contributed by atoms with van der Waals surface area (Å²) in [7, 11) is 2.00. The largest absolute Gasteiger partial charge is 0.506 e. The molecule has 0 saturated heterocycles. The van der Waals surface area contributed by atoms with Crippen LogP contribution < -0.4 is 11.5 Å². The van der Waals surface area contributed by atoms with Gasteiger partial charge in [-0.25, -0.2) is 0 Å². The quantitative estimate of drug-likeness (QED) is 0.392. The number of benzene rings is 1. The normalized spacial score (nSPS) is 13.6. The molecule has 1 unspecified atom stereocenters. The zero-order valence-electron chi connectivity index (χ0n) is 13.2. The minimum atomic E-state index is -2.79. The molecule has 0 saturated carbocycles. The summed E-state index contributed by atoms with van der Waals surface area (Å²) in [5, 5.41) is 0. The second-order valence-corrected chi connectivity index (χ2v) is 8.30. The molecule has 5 nitrogen and oxygen atoms in total. The van der Waals surface area contributed by atoms with E-state index in [1.165, 1.54) is 5.56 Å². The maximum atomic E-state index is 5.92. The fraction of sp³-hybridized carbons (Fsp3) is 0.600. The minimum Gasteiger partial charge on any atom is -0.377 e. The van der Waals surface area contributed by atoms with Crippen LogP contribution in [0.1, 0.15) is 24.8 Å². The average molecular weight is 312 g/mol. The van der Waals surface area contributed by atoms with Crippen LogP contribution in [0.5, 0.6) is 0 Å². The monoisotopic (exact) mass is 312 g/mol. The second-order valence-electron chi connectivity index (χ2n) is 5.13. The van der Waals surface area contributed by atoms with Crippen LogP contribution in [0.3, 0.4) is 0 Å². The van der Waals surface area contributed by atoms with Crippen LogP contribution in [-0.2, 0) is 19.7 Å². The summed E-state index contributed by atoms with van der Waals surface area (Å²) < 4.78 is 16.5. The summed E-state index contributed by atoms with van der Waals surface area (Å²) in [4.78, 5) is 0. The van der Waals surface area contributed by atoms with Crippen LogP contribution in [0.25, 0.3) is 0 Å². The van der Waals surface area contributed by atoms with Crippen molar-refractivity contribution in [2.24, 2.45) is 11.5 Å². The average Bonchev–Trinajstić information content (AvgIpc) is 2.52. The lowest BCUT2D eigenvalue weighted by atomic mass is 10.1. The Morgan fingerprint density at radius 1 is 0.952 bits per heavy atom. The second kappa shape index (κ2) is 9.29. The molecule has 1 aromatic rings. The molecule has 0 heterocycles. The molecule has 0 aliphatic rings. The van der Waals surface area contributed by atoms with Crippen molar-refractivity contribution < 1.29 is 13.3 Å². The molecule has 0 fully saturated rings. The molecule has 21 heavy (non-hydrogen) atoms. The smallest absolute Gasteiger partial charge is 0.377 e. The highest BCUT2D eigenvalue weighted by molar-refractivity contribution is 6.62. The Kier molecular flexibility index (Phi) is 8.09. The van der Waals surface area contributed by atoms with Crippen LogP contribution >= 0.6 is 0 Å². The zero-order valence-corrected chi connectivity index (χ0v) is 14.2. The summed E-state index contributed by atoms with van der Waals surface area (Å²) >= 11 is 0. The molecule has 6 heteroatoms. The van der Waals surface area contributed by atoms with Crippen LogP contribution in [0.15, 0.2) is 30.3 Å². The highest BCUT2D eigenvalue weighted by Gasteiger charge is 2.48. The predicted molar refractivity (Wildman–Crippen MR) is 86.7 cm³/mol. The van der Waals surface area contributed by atoms with Crippen LogP contribution in [0.2, 0.25) is 5.54 Å². The van der Waals surface area contributed by atoms with Gasteiger partial charge in [0.25, 0.3) is 0 Å². The number of unbranched alkanes of at least 4 members (excludes halogenated alkanes) is 1. The van der Waals surface area contributed by atoms with E-state index in [0.29, 0.717) is 0 Å². The first-order valence-electron chi connectivity index (χ1n) is 7.30. The van der Waals surface area contributed by atoms with Crippen molar-refractivity contribution in [3.63, 3.8) is 0 Å². The number of rotatable bonds is 10. The predicted octanol–water partition coefficient (Wildman–Crippen LogP) is 1.89. The first kappa shape index (κ1) is 18.3. The Balaban J connectivity index is 2.52. The van der Waals surface area contributed by atoms with E-state index in [-0.39, 0.29) is 5.54 Å². The van der Waals surface area contributed by atoms with E-state index in [4.69, 9.17) is 24.7 Å². The highest BCUT2D eigenvalue weighted by Crippen LogP contribution is 2.30. The lowest BCUT2D eigenvalue weighted by Gasteiger charge is -2.34. The maximum absolute atomic E-state index is 5.92. The molecule has 1 atom stereocenters. The van der Waals surface area contributed by atoms with Gasteiger partial charge in [0, 0.05) is 21.3 Å². The Morgan fingerprint density at radius 3 is 2.00 bits per heavy atom. The number of nitrogens with two attached hydrogens (primary N) is 2. The van der Waals surface area contributed by atoms with Crippen molar-refractivity contribution in [3.8, 4) is 0 Å². The summed E-state index contributed by atoms with van der Waals surface area (Å²) in [6, 6.07) is 10.4. The third-order valence-electron chi connectivity index (χ3n) is 3.85. The third-order valence-corrected chi connectivity index (χ3v) is 7.13. The molecule has 0 aliphatic carbocycles. The molecule has 0 aliphatic heterocycles. The Bertz CT molecular complexity index is 378. The van der Waals surface area contributed by atoms with E-state index in [9.17, 15) is 0 Å². The Hall–Kier alpha value is -0.763. The third kappa shape index (κ3) is 5.17. The molecular weight excluding hydrogens is 284 g/mol. The number of hydrogen-bond acceptors (Lipinski definition) is 5. The number of hydrogen-bond donors (Lipinski definition) is 2. The van der Waals surface area contributed by atoms with Gasteiger partial charge >= 0.3 is 8.80 Å². The van der Waals surface area contributed by atoms with Crippen molar-refractivity contribution in [2.45, 2.75) is 37.4 Å². The van der Waals surface area contributed by atoms with Gasteiger partial charge in [0.1, 0.15) is 0 Å². The van der Waals surface area contributed by atoms with Gasteiger partial charge in [0.15, 0.2) is 0 Å². The molecule has 0 bridgehead atoms. The van der Waals surface area contributed by atoms with Crippen molar-refractivity contribution in [2.75, 3.05) is 21.3 Å². The van der Waals surface area contributed by atoms with Gasteiger partial charge in [0.2, 0.25) is 0 Å². The van der Waals surface area contributed by atoms with E-state index in [1.54, 1.807) is 21.3 Å². The topological polar surface area (TPSA) is 79.7 Å². The molecule has 4 N–H and O–H groups in total. The lowest BCUT2D eigenvalue weighted by Crippen LogP contribution is -2.56. The van der Waals surface area contributed by atoms with Gasteiger partial charge in [-0.3, -0.25) is 0 Å². The van der Waals surface area contributed by atoms with E-state index >= 15 is 0 Å². The van der Waals surface area contributed by atoms with Crippen LogP contribution in [-0.4, -0.2) is 36.3 Å². The molecule has 0 amide bonds. The summed E-state index contributed by atoms with van der Waals surface area (Å²) in [5.74, 6) is 0. The fourth-order valence-corrected chi connectivity index (χ4v) is 5.08. The number of aryl methyl sites for hydroxylation is 1. The van der Waals surface area contributed by atoms with Gasteiger partial charge in [0.05, 0.1) is 11.7 Å². The van der Waals surface area contributed by atoms with Gasteiger partial charge in [-0.2, -0.15) is 0 Å². The first-order chi connectivity index (χ1) is 10.1. The molecular formula is C15H28N2O3Si. The standard InChI is InChI=1S/C15H28N2O3Si/c1-18-21(19-2,20-3)14(15(16)17)12-8-7-11-13-9-5-4-6-10-13/h4-6,9-10,14-15H,7-8,11-12,16-17H2,1-3H3. The van der Waals surface area contributed by atoms with Crippen LogP contribution in [0, 0.1) is 0 Å². The molecule has 120 valence electrons. The highest BCUT2D eigenvalue weighted by atomic mass is 28.4. The van der Waals surface area contributed by atoms with Crippen molar-refractivity contribution in [3.05, 3.63) is 35.9 Å². The molecule has 0 radical (unpaired) electrons. The molecule has 0 aromatic heterocycles. The Labute approximate surface area is 128 Å². The molecule has 0 spiro atoms. The first-order valence-corrected chi connectivity index (χ1v) is 9.10. The van der Waals surface area contributed by atoms with E-state index in [2.05, 4.69) is 24.3 Å².